The highest BCUT2D eigenvalue weighted by Crippen LogP contribution is 2.30. The quantitative estimate of drug-likeness (QED) is 0.548. The highest BCUT2D eigenvalue weighted by Gasteiger charge is 2.31. The molecule has 2 aromatic rings. The Kier molecular flexibility index (Phi) is 7.98. The molecule has 2 N–H and O–H groups in total. The molecular formula is C20H22F3N3O6S2. The number of rotatable bonds is 8. The van der Waals surface area contributed by atoms with Crippen molar-refractivity contribution in [3.63, 3.8) is 0 Å². The molecule has 1 heterocycles. The van der Waals surface area contributed by atoms with Crippen LogP contribution in [0.15, 0.2) is 58.3 Å². The van der Waals surface area contributed by atoms with Gasteiger partial charge in [0.25, 0.3) is 0 Å². The molecular weight excluding hydrogens is 499 g/mol. The number of sulfonamides is 2. The first-order valence-corrected chi connectivity index (χ1v) is 13.0. The maximum Gasteiger partial charge on any atom is 0.416 e. The minimum atomic E-state index is -4.69. The van der Waals surface area contributed by atoms with Crippen LogP contribution >= 0.6 is 0 Å². The summed E-state index contributed by atoms with van der Waals surface area (Å²) < 4.78 is 96.6. The van der Waals surface area contributed by atoms with Crippen LogP contribution in [-0.4, -0.2) is 59.9 Å². The number of carbonyl (C=O) groups excluding carboxylic acids is 1. The van der Waals surface area contributed by atoms with Crippen LogP contribution in [0.1, 0.15) is 12.0 Å². The lowest BCUT2D eigenvalue weighted by Gasteiger charge is -2.26. The highest BCUT2D eigenvalue weighted by atomic mass is 32.2. The van der Waals surface area contributed by atoms with Gasteiger partial charge in [0.15, 0.2) is 0 Å². The molecule has 1 aliphatic heterocycles. The van der Waals surface area contributed by atoms with Crippen LogP contribution in [0.5, 0.6) is 0 Å². The number of morpholine rings is 1. The summed E-state index contributed by atoms with van der Waals surface area (Å²) in [5.74, 6) is -0.574. The second-order valence-corrected chi connectivity index (χ2v) is 11.0. The Hall–Kier alpha value is -2.52. The summed E-state index contributed by atoms with van der Waals surface area (Å²) in [6.45, 7) is 0.762. The number of hydrogen-bond acceptors (Lipinski definition) is 6. The summed E-state index contributed by atoms with van der Waals surface area (Å²) >= 11 is 0. The van der Waals surface area contributed by atoms with Gasteiger partial charge in [0.1, 0.15) is 0 Å². The molecule has 9 nitrogen and oxygen atoms in total. The lowest BCUT2D eigenvalue weighted by atomic mass is 10.2. The molecule has 1 fully saturated rings. The van der Waals surface area contributed by atoms with Gasteiger partial charge >= 0.3 is 6.18 Å². The Morgan fingerprint density at radius 1 is 0.971 bits per heavy atom. The maximum atomic E-state index is 12.8. The van der Waals surface area contributed by atoms with Crippen LogP contribution in [0.2, 0.25) is 0 Å². The molecule has 0 aliphatic carbocycles. The molecule has 0 unspecified atom stereocenters. The van der Waals surface area contributed by atoms with Gasteiger partial charge in [-0.1, -0.05) is 6.07 Å². The van der Waals surface area contributed by atoms with E-state index in [9.17, 15) is 34.8 Å². The second-order valence-electron chi connectivity index (χ2n) is 7.26. The standard InChI is InChI=1S/C20H22F3N3O6S2/c21-20(22,23)15-2-1-3-18(14-15)33(28,29)24-9-8-19(27)25-16-4-6-17(7-5-16)34(30,31)26-10-12-32-13-11-26/h1-7,14,24H,8-13H2,(H,25,27). The fourth-order valence-corrected chi connectivity index (χ4v) is 5.58. The Morgan fingerprint density at radius 2 is 1.62 bits per heavy atom. The third-order valence-electron chi connectivity index (χ3n) is 4.86. The van der Waals surface area contributed by atoms with Crippen molar-refractivity contribution >= 4 is 31.6 Å². The van der Waals surface area contributed by atoms with Crippen molar-refractivity contribution in [3.05, 3.63) is 54.1 Å². The zero-order chi connectivity index (χ0) is 25.0. The van der Waals surface area contributed by atoms with E-state index in [-0.39, 0.29) is 31.0 Å². The minimum Gasteiger partial charge on any atom is -0.379 e. The van der Waals surface area contributed by atoms with E-state index in [2.05, 4.69) is 10.0 Å². The Labute approximate surface area is 195 Å². The van der Waals surface area contributed by atoms with Gasteiger partial charge in [-0.15, -0.1) is 0 Å². The first-order valence-electron chi connectivity index (χ1n) is 10.0. The number of anilines is 1. The van der Waals surface area contributed by atoms with E-state index in [1.54, 1.807) is 0 Å². The van der Waals surface area contributed by atoms with Crippen molar-refractivity contribution in [1.29, 1.82) is 0 Å². The number of amides is 1. The number of halogens is 3. The van der Waals surface area contributed by atoms with Gasteiger partial charge in [-0.25, -0.2) is 21.6 Å². The molecule has 1 amide bonds. The van der Waals surface area contributed by atoms with Crippen LogP contribution in [-0.2, 0) is 35.8 Å². The third-order valence-corrected chi connectivity index (χ3v) is 8.23. The van der Waals surface area contributed by atoms with Crippen LogP contribution in [0.25, 0.3) is 0 Å². The number of nitrogens with zero attached hydrogens (tertiary/aromatic N) is 1. The normalized spacial score (nSPS) is 15.7. The zero-order valence-electron chi connectivity index (χ0n) is 17.7. The molecule has 0 radical (unpaired) electrons. The van der Waals surface area contributed by atoms with Crippen LogP contribution in [0, 0.1) is 0 Å². The van der Waals surface area contributed by atoms with Crippen LogP contribution in [0.3, 0.4) is 0 Å². The molecule has 186 valence electrons. The Morgan fingerprint density at radius 3 is 2.24 bits per heavy atom. The third kappa shape index (κ3) is 6.54. The molecule has 34 heavy (non-hydrogen) atoms. The van der Waals surface area contributed by atoms with Gasteiger partial charge in [0.2, 0.25) is 26.0 Å². The molecule has 2 aromatic carbocycles. The minimum absolute atomic E-state index is 0.0567. The van der Waals surface area contributed by atoms with Gasteiger partial charge in [-0.3, -0.25) is 4.79 Å². The largest absolute Gasteiger partial charge is 0.416 e. The number of alkyl halides is 3. The van der Waals surface area contributed by atoms with Crippen molar-refractivity contribution in [2.24, 2.45) is 0 Å². The van der Waals surface area contributed by atoms with E-state index in [0.717, 1.165) is 18.2 Å². The van der Waals surface area contributed by atoms with Crippen LogP contribution < -0.4 is 10.0 Å². The zero-order valence-corrected chi connectivity index (χ0v) is 19.3. The van der Waals surface area contributed by atoms with Gasteiger partial charge in [-0.05, 0) is 42.5 Å². The van der Waals surface area contributed by atoms with Gasteiger partial charge in [-0.2, -0.15) is 17.5 Å². The lowest BCUT2D eigenvalue weighted by molar-refractivity contribution is -0.137. The first kappa shape index (κ1) is 26.1. The maximum absolute atomic E-state index is 12.8. The molecule has 3 rings (SSSR count). The van der Waals surface area contributed by atoms with E-state index in [0.29, 0.717) is 25.0 Å². The van der Waals surface area contributed by atoms with Gasteiger partial charge < -0.3 is 10.1 Å². The van der Waals surface area contributed by atoms with Crippen molar-refractivity contribution in [2.75, 3.05) is 38.2 Å². The number of carbonyl (C=O) groups is 1. The van der Waals surface area contributed by atoms with Crippen molar-refractivity contribution in [3.8, 4) is 0 Å². The predicted octanol–water partition coefficient (Wildman–Crippen LogP) is 2.03. The lowest BCUT2D eigenvalue weighted by Crippen LogP contribution is -2.40. The SMILES string of the molecule is O=C(CCNS(=O)(=O)c1cccc(C(F)(F)F)c1)Nc1ccc(S(=O)(=O)N2CCOCC2)cc1. The topological polar surface area (TPSA) is 122 Å². The number of nitrogens with one attached hydrogen (secondary N) is 2. The summed E-state index contributed by atoms with van der Waals surface area (Å²) in [6.07, 6.45) is -4.99. The van der Waals surface area contributed by atoms with E-state index >= 15 is 0 Å². The van der Waals surface area contributed by atoms with Crippen molar-refractivity contribution in [2.45, 2.75) is 22.4 Å². The monoisotopic (exact) mass is 521 g/mol. The number of benzene rings is 2. The average Bonchev–Trinajstić information content (AvgIpc) is 2.79. The van der Waals surface area contributed by atoms with E-state index < -0.39 is 42.6 Å². The van der Waals surface area contributed by atoms with E-state index in [1.807, 2.05) is 0 Å². The summed E-state index contributed by atoms with van der Waals surface area (Å²) in [7, 11) is -7.94. The second kappa shape index (κ2) is 10.4. The fourth-order valence-electron chi connectivity index (χ4n) is 3.09. The summed E-state index contributed by atoms with van der Waals surface area (Å²) in [5.41, 5.74) is -0.807. The van der Waals surface area contributed by atoms with Crippen LogP contribution in [0.4, 0.5) is 18.9 Å². The van der Waals surface area contributed by atoms with E-state index in [1.165, 1.54) is 28.6 Å². The number of hydrogen-bond donors (Lipinski definition) is 2. The molecule has 0 atom stereocenters. The average molecular weight is 522 g/mol. The molecule has 0 bridgehead atoms. The molecule has 0 aromatic heterocycles. The highest BCUT2D eigenvalue weighted by molar-refractivity contribution is 7.89. The van der Waals surface area contributed by atoms with Crippen molar-refractivity contribution < 1.29 is 39.5 Å². The predicted molar refractivity (Wildman–Crippen MR) is 116 cm³/mol. The molecule has 1 aliphatic rings. The Bertz CT molecular complexity index is 1230. The molecule has 0 saturated carbocycles. The van der Waals surface area contributed by atoms with Gasteiger partial charge in [0.05, 0.1) is 28.6 Å². The molecule has 14 heteroatoms. The first-order chi connectivity index (χ1) is 15.9. The fraction of sp³-hybridized carbons (Fsp3) is 0.350. The summed E-state index contributed by atoms with van der Waals surface area (Å²) in [5, 5.41) is 2.50. The van der Waals surface area contributed by atoms with E-state index in [4.69, 9.17) is 4.74 Å². The smallest absolute Gasteiger partial charge is 0.379 e. The molecule has 0 spiro atoms. The Balaban J connectivity index is 1.54. The van der Waals surface area contributed by atoms with Gasteiger partial charge in [0, 0.05) is 31.7 Å². The molecule has 1 saturated heterocycles. The van der Waals surface area contributed by atoms with Crippen molar-refractivity contribution in [1.82, 2.24) is 9.03 Å². The summed E-state index contributed by atoms with van der Waals surface area (Å²) in [6, 6.07) is 8.75. The summed E-state index contributed by atoms with van der Waals surface area (Å²) in [4.78, 5) is 11.6. The number of ether oxygens (including phenoxy) is 1.